The van der Waals surface area contributed by atoms with Gasteiger partial charge in [-0.25, -0.2) is 4.79 Å². The third-order valence-electron chi connectivity index (χ3n) is 4.19. The lowest BCUT2D eigenvalue weighted by Gasteiger charge is -2.17. The second kappa shape index (κ2) is 7.87. The third-order valence-corrected chi connectivity index (χ3v) is 4.19. The Morgan fingerprint density at radius 2 is 1.82 bits per heavy atom. The van der Waals surface area contributed by atoms with Crippen molar-refractivity contribution in [2.24, 2.45) is 0 Å². The van der Waals surface area contributed by atoms with E-state index in [1.807, 2.05) is 12.1 Å². The molecule has 2 aromatic carbocycles. The van der Waals surface area contributed by atoms with Crippen LogP contribution in [0.4, 0.5) is 0 Å². The van der Waals surface area contributed by atoms with Crippen LogP contribution in [0.15, 0.2) is 71.3 Å². The molecule has 28 heavy (non-hydrogen) atoms. The molecule has 142 valence electrons. The maximum atomic E-state index is 12.8. The highest BCUT2D eigenvalue weighted by molar-refractivity contribution is 5.90. The Labute approximate surface area is 160 Å². The molecule has 0 radical (unpaired) electrons. The van der Waals surface area contributed by atoms with Gasteiger partial charge in [0.05, 0.1) is 6.26 Å². The minimum Gasteiger partial charge on any atom is -0.457 e. The van der Waals surface area contributed by atoms with E-state index >= 15 is 0 Å². The Kier molecular flexibility index (Phi) is 4.97. The first-order valence-electron chi connectivity index (χ1n) is 8.66. The SMILES string of the molecule is O=C(O[C@H](C(=O)NCc1ccc2c(c1)OCO2)c1ccccc1)c1ccco1. The number of amides is 1. The van der Waals surface area contributed by atoms with Gasteiger partial charge in [-0.15, -0.1) is 0 Å². The Balaban J connectivity index is 1.47. The van der Waals surface area contributed by atoms with Crippen LogP contribution in [0, 0.1) is 0 Å². The molecule has 0 spiro atoms. The standard InChI is InChI=1S/C21H17NO6/c23-20(22-12-14-8-9-16-18(11-14)27-13-26-16)19(15-5-2-1-3-6-15)28-21(24)17-7-4-10-25-17/h1-11,19H,12-13H2,(H,22,23)/t19-/m0/s1. The molecule has 7 nitrogen and oxygen atoms in total. The third kappa shape index (κ3) is 3.83. The first-order chi connectivity index (χ1) is 13.7. The van der Waals surface area contributed by atoms with Gasteiger partial charge in [0.1, 0.15) is 0 Å². The maximum Gasteiger partial charge on any atom is 0.375 e. The highest BCUT2D eigenvalue weighted by Crippen LogP contribution is 2.32. The number of hydrogen-bond donors (Lipinski definition) is 1. The summed E-state index contributed by atoms with van der Waals surface area (Å²) in [6.45, 7) is 0.432. The molecule has 1 aliphatic heterocycles. The molecule has 4 rings (SSSR count). The number of furan rings is 1. The van der Waals surface area contributed by atoms with Crippen LogP contribution in [0.5, 0.6) is 11.5 Å². The van der Waals surface area contributed by atoms with Gasteiger partial charge in [0, 0.05) is 12.1 Å². The molecule has 0 fully saturated rings. The van der Waals surface area contributed by atoms with Crippen molar-refractivity contribution in [3.8, 4) is 11.5 Å². The van der Waals surface area contributed by atoms with E-state index in [4.69, 9.17) is 18.6 Å². The average Bonchev–Trinajstić information content (AvgIpc) is 3.42. The van der Waals surface area contributed by atoms with Crippen LogP contribution in [0.1, 0.15) is 27.8 Å². The molecule has 0 saturated heterocycles. The van der Waals surface area contributed by atoms with Crippen LogP contribution in [-0.2, 0) is 16.1 Å². The second-order valence-electron chi connectivity index (χ2n) is 6.08. The highest BCUT2D eigenvalue weighted by atomic mass is 16.7. The van der Waals surface area contributed by atoms with Gasteiger partial charge >= 0.3 is 5.97 Å². The maximum absolute atomic E-state index is 12.8. The minimum absolute atomic E-state index is 0.0319. The van der Waals surface area contributed by atoms with Crippen molar-refractivity contribution in [3.05, 3.63) is 83.8 Å². The van der Waals surface area contributed by atoms with Crippen LogP contribution < -0.4 is 14.8 Å². The summed E-state index contributed by atoms with van der Waals surface area (Å²) in [5, 5.41) is 2.80. The predicted octanol–water partition coefficient (Wildman–Crippen LogP) is 3.22. The van der Waals surface area contributed by atoms with Crippen LogP contribution in [0.3, 0.4) is 0 Å². The number of fused-ring (bicyclic) bond motifs is 1. The first-order valence-corrected chi connectivity index (χ1v) is 8.66. The fourth-order valence-corrected chi connectivity index (χ4v) is 2.79. The predicted molar refractivity (Wildman–Crippen MR) is 97.7 cm³/mol. The van der Waals surface area contributed by atoms with Gasteiger partial charge < -0.3 is 23.9 Å². The number of hydrogen-bond acceptors (Lipinski definition) is 6. The number of carbonyl (C=O) groups excluding carboxylic acids is 2. The smallest absolute Gasteiger partial charge is 0.375 e. The number of esters is 1. The quantitative estimate of drug-likeness (QED) is 0.662. The Morgan fingerprint density at radius 3 is 2.61 bits per heavy atom. The Morgan fingerprint density at radius 1 is 1.00 bits per heavy atom. The summed E-state index contributed by atoms with van der Waals surface area (Å²) < 4.78 is 21.1. The number of carbonyl (C=O) groups is 2. The van der Waals surface area contributed by atoms with Crippen LogP contribution in [0.25, 0.3) is 0 Å². The monoisotopic (exact) mass is 379 g/mol. The first kappa shape index (κ1) is 17.7. The van der Waals surface area contributed by atoms with Crippen molar-refractivity contribution >= 4 is 11.9 Å². The lowest BCUT2D eigenvalue weighted by atomic mass is 10.1. The molecule has 1 atom stereocenters. The van der Waals surface area contributed by atoms with Crippen LogP contribution >= 0.6 is 0 Å². The largest absolute Gasteiger partial charge is 0.457 e. The summed E-state index contributed by atoms with van der Waals surface area (Å²) in [4.78, 5) is 25.1. The lowest BCUT2D eigenvalue weighted by molar-refractivity contribution is -0.130. The fraction of sp³-hybridized carbons (Fsp3) is 0.143. The number of nitrogens with one attached hydrogen (secondary N) is 1. The van der Waals surface area contributed by atoms with Gasteiger partial charge in [-0.05, 0) is 29.8 Å². The number of benzene rings is 2. The van der Waals surface area contributed by atoms with Crippen molar-refractivity contribution in [2.75, 3.05) is 6.79 Å². The normalized spacial score (nSPS) is 13.0. The van der Waals surface area contributed by atoms with E-state index in [2.05, 4.69) is 5.32 Å². The van der Waals surface area contributed by atoms with Crippen LogP contribution in [-0.4, -0.2) is 18.7 Å². The molecule has 2 heterocycles. The van der Waals surface area contributed by atoms with E-state index < -0.39 is 18.0 Å². The minimum atomic E-state index is -1.10. The summed E-state index contributed by atoms with van der Waals surface area (Å²) >= 11 is 0. The van der Waals surface area contributed by atoms with Crippen molar-refractivity contribution in [3.63, 3.8) is 0 Å². The molecule has 7 heteroatoms. The molecule has 0 aliphatic carbocycles. The topological polar surface area (TPSA) is 87.0 Å². The number of ether oxygens (including phenoxy) is 3. The summed E-state index contributed by atoms with van der Waals surface area (Å²) in [6.07, 6.45) is 0.265. The van der Waals surface area contributed by atoms with Crippen molar-refractivity contribution in [1.29, 1.82) is 0 Å². The lowest BCUT2D eigenvalue weighted by Crippen LogP contribution is -2.31. The van der Waals surface area contributed by atoms with E-state index in [-0.39, 0.29) is 19.1 Å². The van der Waals surface area contributed by atoms with Gasteiger partial charge in [0.15, 0.2) is 11.5 Å². The molecule has 0 saturated carbocycles. The van der Waals surface area contributed by atoms with E-state index in [1.165, 1.54) is 12.3 Å². The molecule has 1 aromatic heterocycles. The van der Waals surface area contributed by atoms with E-state index in [0.717, 1.165) is 5.56 Å². The highest BCUT2D eigenvalue weighted by Gasteiger charge is 2.26. The molecule has 0 unspecified atom stereocenters. The zero-order valence-electron chi connectivity index (χ0n) is 14.8. The van der Waals surface area contributed by atoms with Gasteiger partial charge in [0.25, 0.3) is 5.91 Å². The zero-order valence-corrected chi connectivity index (χ0v) is 14.8. The summed E-state index contributed by atoms with van der Waals surface area (Å²) in [5.41, 5.74) is 1.40. The molecular formula is C21H17NO6. The molecule has 1 N–H and O–H groups in total. The van der Waals surface area contributed by atoms with Gasteiger partial charge in [-0.3, -0.25) is 4.79 Å². The summed E-state index contributed by atoms with van der Waals surface area (Å²) in [6, 6.07) is 17.3. The van der Waals surface area contributed by atoms with Crippen molar-refractivity contribution in [2.45, 2.75) is 12.6 Å². The molecule has 3 aromatic rings. The van der Waals surface area contributed by atoms with Gasteiger partial charge in [-0.1, -0.05) is 36.4 Å². The Hall–Kier alpha value is -3.74. The Bertz CT molecular complexity index is 968. The van der Waals surface area contributed by atoms with E-state index in [1.54, 1.807) is 42.5 Å². The molecule has 1 aliphatic rings. The van der Waals surface area contributed by atoms with Gasteiger partial charge in [0.2, 0.25) is 18.7 Å². The number of rotatable bonds is 6. The second-order valence-corrected chi connectivity index (χ2v) is 6.08. The summed E-state index contributed by atoms with van der Waals surface area (Å²) in [5.74, 6) is 0.186. The van der Waals surface area contributed by atoms with Crippen molar-refractivity contribution in [1.82, 2.24) is 5.32 Å². The fourth-order valence-electron chi connectivity index (χ4n) is 2.79. The molecule has 0 bridgehead atoms. The van der Waals surface area contributed by atoms with E-state index in [9.17, 15) is 9.59 Å². The van der Waals surface area contributed by atoms with E-state index in [0.29, 0.717) is 17.1 Å². The van der Waals surface area contributed by atoms with Crippen LogP contribution in [0.2, 0.25) is 0 Å². The van der Waals surface area contributed by atoms with Gasteiger partial charge in [-0.2, -0.15) is 0 Å². The molecule has 1 amide bonds. The zero-order chi connectivity index (χ0) is 19.3. The average molecular weight is 379 g/mol. The molecular weight excluding hydrogens is 362 g/mol. The van der Waals surface area contributed by atoms with Crippen molar-refractivity contribution < 1.29 is 28.2 Å². The summed E-state index contributed by atoms with van der Waals surface area (Å²) in [7, 11) is 0.